The van der Waals surface area contributed by atoms with Crippen molar-refractivity contribution in [3.63, 3.8) is 0 Å². The van der Waals surface area contributed by atoms with Gasteiger partial charge in [0.1, 0.15) is 5.78 Å². The third-order valence-corrected chi connectivity index (χ3v) is 4.50. The number of ether oxygens (including phenoxy) is 2. The van der Waals surface area contributed by atoms with E-state index in [1.165, 1.54) is 0 Å². The summed E-state index contributed by atoms with van der Waals surface area (Å²) in [6.45, 7) is 3.21. The molecule has 1 aliphatic heterocycles. The number of rotatable bonds is 1. The molecule has 3 aliphatic rings. The summed E-state index contributed by atoms with van der Waals surface area (Å²) in [6.07, 6.45) is 5.29. The number of hydrogen-bond donors (Lipinski definition) is 0. The van der Waals surface area contributed by atoms with E-state index in [-0.39, 0.29) is 5.79 Å². The molecule has 1 atom stereocenters. The van der Waals surface area contributed by atoms with Gasteiger partial charge in [-0.15, -0.1) is 0 Å². The summed E-state index contributed by atoms with van der Waals surface area (Å²) in [5, 5.41) is 0. The fourth-order valence-electron chi connectivity index (χ4n) is 3.39. The maximum atomic E-state index is 11.3. The maximum Gasteiger partial charge on any atom is 0.168 e. The summed E-state index contributed by atoms with van der Waals surface area (Å²) in [5.41, 5.74) is 0.340. The van der Waals surface area contributed by atoms with Gasteiger partial charge in [-0.1, -0.05) is 0 Å². The summed E-state index contributed by atoms with van der Waals surface area (Å²) in [4.78, 5) is 11.3. The fourth-order valence-corrected chi connectivity index (χ4v) is 3.39. The molecule has 0 N–H and O–H groups in total. The van der Waals surface area contributed by atoms with E-state index in [2.05, 4.69) is 0 Å². The molecular weight excluding hydrogens is 192 g/mol. The minimum absolute atomic E-state index is 0.269. The van der Waals surface area contributed by atoms with Gasteiger partial charge in [0.15, 0.2) is 5.79 Å². The highest BCUT2D eigenvalue weighted by Crippen LogP contribution is 2.63. The Hall–Kier alpha value is -0.410. The average Bonchev–Trinajstić information content (AvgIpc) is 2.76. The highest BCUT2D eigenvalue weighted by molar-refractivity contribution is 5.82. The molecule has 2 spiro atoms. The summed E-state index contributed by atoms with van der Waals surface area (Å²) in [5.74, 6) is 0.449. The van der Waals surface area contributed by atoms with Crippen molar-refractivity contribution in [3.05, 3.63) is 0 Å². The predicted octanol–water partition coefficient (Wildman–Crippen LogP) is 1.90. The Labute approximate surface area is 90.1 Å². The molecule has 3 nitrogen and oxygen atoms in total. The summed E-state index contributed by atoms with van der Waals surface area (Å²) >= 11 is 0. The predicted molar refractivity (Wildman–Crippen MR) is 54.3 cm³/mol. The molecule has 15 heavy (non-hydrogen) atoms. The first-order valence-electron chi connectivity index (χ1n) is 5.94. The van der Waals surface area contributed by atoms with E-state index in [4.69, 9.17) is 9.47 Å². The van der Waals surface area contributed by atoms with Gasteiger partial charge in [-0.25, -0.2) is 0 Å². The lowest BCUT2D eigenvalue weighted by Crippen LogP contribution is -2.36. The van der Waals surface area contributed by atoms with E-state index in [0.29, 0.717) is 17.1 Å². The highest BCUT2D eigenvalue weighted by atomic mass is 16.7. The van der Waals surface area contributed by atoms with Crippen molar-refractivity contribution in [2.45, 2.75) is 44.8 Å². The Balaban J connectivity index is 1.64. The van der Waals surface area contributed by atoms with Gasteiger partial charge < -0.3 is 9.47 Å². The van der Waals surface area contributed by atoms with E-state index in [1.807, 2.05) is 0 Å². The summed E-state index contributed by atoms with van der Waals surface area (Å²) < 4.78 is 11.4. The Morgan fingerprint density at radius 1 is 1.13 bits per heavy atom. The highest BCUT2D eigenvalue weighted by Gasteiger charge is 2.60. The normalized spacial score (nSPS) is 35.9. The molecule has 3 heteroatoms. The lowest BCUT2D eigenvalue weighted by molar-refractivity contribution is -0.185. The molecule has 1 saturated heterocycles. The van der Waals surface area contributed by atoms with Crippen LogP contribution in [-0.4, -0.2) is 24.8 Å². The average molecular weight is 210 g/mol. The first-order valence-corrected chi connectivity index (χ1v) is 5.94. The quantitative estimate of drug-likeness (QED) is 0.663. The van der Waals surface area contributed by atoms with Gasteiger partial charge in [0.2, 0.25) is 0 Å². The second-order valence-electron chi connectivity index (χ2n) is 5.34. The summed E-state index contributed by atoms with van der Waals surface area (Å²) in [7, 11) is 0. The first-order chi connectivity index (χ1) is 7.16. The first kappa shape index (κ1) is 9.79. The number of hydrogen-bond acceptors (Lipinski definition) is 3. The van der Waals surface area contributed by atoms with Crippen LogP contribution in [0.2, 0.25) is 0 Å². The van der Waals surface area contributed by atoms with Gasteiger partial charge in [0.25, 0.3) is 0 Å². The van der Waals surface area contributed by atoms with E-state index in [9.17, 15) is 4.79 Å². The Kier molecular flexibility index (Phi) is 1.99. The lowest BCUT2D eigenvalue weighted by atomic mass is 9.80. The minimum Gasteiger partial charge on any atom is -0.348 e. The molecule has 0 amide bonds. The van der Waals surface area contributed by atoms with Crippen LogP contribution in [0, 0.1) is 11.3 Å². The molecule has 0 aromatic carbocycles. The van der Waals surface area contributed by atoms with Crippen LogP contribution in [0.5, 0.6) is 0 Å². The Morgan fingerprint density at radius 3 is 2.20 bits per heavy atom. The largest absolute Gasteiger partial charge is 0.348 e. The molecule has 1 unspecified atom stereocenters. The smallest absolute Gasteiger partial charge is 0.168 e. The zero-order chi connectivity index (χ0) is 10.5. The topological polar surface area (TPSA) is 35.5 Å². The number of ketones is 1. The monoisotopic (exact) mass is 210 g/mol. The molecule has 3 rings (SSSR count). The van der Waals surface area contributed by atoms with Crippen LogP contribution in [0.4, 0.5) is 0 Å². The van der Waals surface area contributed by atoms with E-state index in [1.54, 1.807) is 6.92 Å². The third kappa shape index (κ3) is 1.44. The molecule has 0 aromatic rings. The molecule has 0 bridgehead atoms. The van der Waals surface area contributed by atoms with Gasteiger partial charge in [0.05, 0.1) is 13.2 Å². The molecule has 1 heterocycles. The van der Waals surface area contributed by atoms with Crippen LogP contribution in [0.1, 0.15) is 39.0 Å². The van der Waals surface area contributed by atoms with E-state index in [0.717, 1.165) is 45.3 Å². The van der Waals surface area contributed by atoms with Gasteiger partial charge in [0, 0.05) is 18.8 Å². The molecule has 0 radical (unpaired) electrons. The van der Waals surface area contributed by atoms with Crippen LogP contribution < -0.4 is 0 Å². The maximum absolute atomic E-state index is 11.3. The zero-order valence-corrected chi connectivity index (χ0v) is 9.25. The second-order valence-corrected chi connectivity index (χ2v) is 5.34. The Bertz CT molecular complexity index is 281. The van der Waals surface area contributed by atoms with Crippen LogP contribution in [0.15, 0.2) is 0 Å². The van der Waals surface area contributed by atoms with Crippen LogP contribution in [-0.2, 0) is 14.3 Å². The SMILES string of the molecule is CC(=O)C1CC12CCC1(CC2)OCCO1. The molecule has 2 aliphatic carbocycles. The molecular formula is C12H18O3. The summed E-state index contributed by atoms with van der Waals surface area (Å²) in [6, 6.07) is 0. The number of carbonyl (C=O) groups excluding carboxylic acids is 1. The van der Waals surface area contributed by atoms with Crippen molar-refractivity contribution in [1.29, 1.82) is 0 Å². The van der Waals surface area contributed by atoms with Crippen molar-refractivity contribution < 1.29 is 14.3 Å². The number of carbonyl (C=O) groups is 1. The van der Waals surface area contributed by atoms with Gasteiger partial charge in [-0.3, -0.25) is 4.79 Å². The third-order valence-electron chi connectivity index (χ3n) is 4.50. The Morgan fingerprint density at radius 2 is 1.73 bits per heavy atom. The van der Waals surface area contributed by atoms with Gasteiger partial charge in [-0.2, -0.15) is 0 Å². The molecule has 84 valence electrons. The molecule has 0 aromatic heterocycles. The zero-order valence-electron chi connectivity index (χ0n) is 9.25. The molecule has 3 fully saturated rings. The van der Waals surface area contributed by atoms with Crippen molar-refractivity contribution >= 4 is 5.78 Å². The van der Waals surface area contributed by atoms with Crippen molar-refractivity contribution in [1.82, 2.24) is 0 Å². The van der Waals surface area contributed by atoms with Crippen molar-refractivity contribution in [2.75, 3.05) is 13.2 Å². The molecule has 2 saturated carbocycles. The second kappa shape index (κ2) is 3.05. The van der Waals surface area contributed by atoms with Gasteiger partial charge in [-0.05, 0) is 31.6 Å². The van der Waals surface area contributed by atoms with Crippen LogP contribution in [0.3, 0.4) is 0 Å². The number of Topliss-reactive ketones (excluding diaryl/α,β-unsaturated/α-hetero) is 1. The van der Waals surface area contributed by atoms with Crippen LogP contribution >= 0.6 is 0 Å². The van der Waals surface area contributed by atoms with E-state index < -0.39 is 0 Å². The van der Waals surface area contributed by atoms with Crippen LogP contribution in [0.25, 0.3) is 0 Å². The minimum atomic E-state index is -0.269. The van der Waals surface area contributed by atoms with Crippen molar-refractivity contribution in [2.24, 2.45) is 11.3 Å². The fraction of sp³-hybridized carbons (Fsp3) is 0.917. The van der Waals surface area contributed by atoms with Crippen molar-refractivity contribution in [3.8, 4) is 0 Å². The van der Waals surface area contributed by atoms with Gasteiger partial charge >= 0.3 is 0 Å². The van der Waals surface area contributed by atoms with E-state index >= 15 is 0 Å². The standard InChI is InChI=1S/C12H18O3/c1-9(13)10-8-11(10)2-4-12(5-3-11)14-6-7-15-12/h10H,2-8H2,1H3. The lowest BCUT2D eigenvalue weighted by Gasteiger charge is -2.36.